The maximum Gasteiger partial charge on any atom is 0.301 e. The number of aromatic nitrogens is 2. The second-order valence-corrected chi connectivity index (χ2v) is 5.54. The van der Waals surface area contributed by atoms with Crippen LogP contribution in [0.5, 0.6) is 0 Å². The minimum absolute atomic E-state index is 0.0542. The lowest BCUT2D eigenvalue weighted by Gasteiger charge is -2.01. The molecule has 10 nitrogen and oxygen atoms in total. The molecule has 1 aromatic heterocycles. The molecular weight excluding hydrogens is 352 g/mol. The Bertz CT molecular complexity index is 1000. The molecule has 0 radical (unpaired) electrons. The standard InChI is InChI=1S/C17H14N6O4/c24-22(25)15-6-7-16(17(8-15)23(26)27)20-18-9-14-10-19-21(12-14)11-13-4-2-1-3-5-13/h1-10,12,20H,11H2/b18-9-. The van der Waals surface area contributed by atoms with Gasteiger partial charge in [0.25, 0.3) is 5.69 Å². The Kier molecular flexibility index (Phi) is 5.17. The van der Waals surface area contributed by atoms with Crippen LogP contribution in [-0.4, -0.2) is 25.8 Å². The first-order valence-electron chi connectivity index (χ1n) is 7.81. The van der Waals surface area contributed by atoms with Gasteiger partial charge in [0.05, 0.1) is 34.9 Å². The summed E-state index contributed by atoms with van der Waals surface area (Å²) in [5.74, 6) is 0. The van der Waals surface area contributed by atoms with Gasteiger partial charge in [-0.3, -0.25) is 30.3 Å². The molecule has 136 valence electrons. The fraction of sp³-hybridized carbons (Fsp3) is 0.0588. The van der Waals surface area contributed by atoms with Gasteiger partial charge >= 0.3 is 5.69 Å². The van der Waals surface area contributed by atoms with Gasteiger partial charge in [0, 0.05) is 17.8 Å². The molecule has 27 heavy (non-hydrogen) atoms. The fourth-order valence-corrected chi connectivity index (χ4v) is 2.36. The Balaban J connectivity index is 1.69. The molecule has 2 aromatic carbocycles. The quantitative estimate of drug-likeness (QED) is 0.388. The maximum atomic E-state index is 11.1. The summed E-state index contributed by atoms with van der Waals surface area (Å²) in [6, 6.07) is 13.1. The van der Waals surface area contributed by atoms with Crippen molar-refractivity contribution < 1.29 is 9.85 Å². The highest BCUT2D eigenvalue weighted by molar-refractivity contribution is 5.80. The molecule has 0 spiro atoms. The van der Waals surface area contributed by atoms with E-state index in [1.165, 1.54) is 18.3 Å². The minimum Gasteiger partial charge on any atom is -0.272 e. The first kappa shape index (κ1) is 17.7. The molecule has 0 saturated heterocycles. The normalized spacial score (nSPS) is 10.8. The molecule has 3 rings (SSSR count). The first-order chi connectivity index (χ1) is 13.0. The van der Waals surface area contributed by atoms with E-state index in [1.54, 1.807) is 17.1 Å². The van der Waals surface area contributed by atoms with Gasteiger partial charge in [0.1, 0.15) is 5.69 Å². The van der Waals surface area contributed by atoms with Crippen LogP contribution in [0.25, 0.3) is 0 Å². The molecule has 1 heterocycles. The van der Waals surface area contributed by atoms with E-state index >= 15 is 0 Å². The molecule has 0 unspecified atom stereocenters. The number of nitro groups is 2. The van der Waals surface area contributed by atoms with Gasteiger partial charge in [-0.15, -0.1) is 0 Å². The van der Waals surface area contributed by atoms with Gasteiger partial charge in [0.15, 0.2) is 0 Å². The van der Waals surface area contributed by atoms with E-state index in [-0.39, 0.29) is 11.4 Å². The van der Waals surface area contributed by atoms with Crippen LogP contribution < -0.4 is 5.43 Å². The van der Waals surface area contributed by atoms with Crippen LogP contribution in [-0.2, 0) is 6.54 Å². The van der Waals surface area contributed by atoms with Crippen molar-refractivity contribution in [3.05, 3.63) is 92.3 Å². The van der Waals surface area contributed by atoms with Crippen LogP contribution in [0, 0.1) is 20.2 Å². The lowest BCUT2D eigenvalue weighted by molar-refractivity contribution is -0.393. The Morgan fingerprint density at radius 2 is 1.89 bits per heavy atom. The predicted octanol–water partition coefficient (Wildman–Crippen LogP) is 3.19. The van der Waals surface area contributed by atoms with Gasteiger partial charge in [0.2, 0.25) is 0 Å². The minimum atomic E-state index is -0.706. The zero-order valence-corrected chi connectivity index (χ0v) is 13.9. The second kappa shape index (κ2) is 7.87. The third kappa shape index (κ3) is 4.51. The van der Waals surface area contributed by atoms with Gasteiger partial charge in [-0.1, -0.05) is 30.3 Å². The Morgan fingerprint density at radius 1 is 1.11 bits per heavy atom. The zero-order valence-electron chi connectivity index (χ0n) is 13.9. The average molecular weight is 366 g/mol. The Hall–Kier alpha value is -4.08. The topological polar surface area (TPSA) is 128 Å². The van der Waals surface area contributed by atoms with E-state index in [0.29, 0.717) is 12.1 Å². The van der Waals surface area contributed by atoms with Crippen LogP contribution >= 0.6 is 0 Å². The van der Waals surface area contributed by atoms with Crippen molar-refractivity contribution in [1.29, 1.82) is 0 Å². The maximum absolute atomic E-state index is 11.1. The van der Waals surface area contributed by atoms with Crippen molar-refractivity contribution >= 4 is 23.3 Å². The van der Waals surface area contributed by atoms with Gasteiger partial charge < -0.3 is 0 Å². The first-order valence-corrected chi connectivity index (χ1v) is 7.81. The summed E-state index contributed by atoms with van der Waals surface area (Å²) in [5, 5.41) is 30.0. The van der Waals surface area contributed by atoms with Crippen LogP contribution in [0.4, 0.5) is 17.1 Å². The lowest BCUT2D eigenvalue weighted by Crippen LogP contribution is -1.99. The monoisotopic (exact) mass is 366 g/mol. The molecule has 10 heteroatoms. The molecule has 0 amide bonds. The van der Waals surface area contributed by atoms with Crippen molar-refractivity contribution in [3.8, 4) is 0 Å². The summed E-state index contributed by atoms with van der Waals surface area (Å²) in [5.41, 5.74) is 3.60. The van der Waals surface area contributed by atoms with E-state index in [1.807, 2.05) is 30.3 Å². The number of benzene rings is 2. The van der Waals surface area contributed by atoms with Crippen molar-refractivity contribution in [2.45, 2.75) is 6.54 Å². The summed E-state index contributed by atoms with van der Waals surface area (Å²) >= 11 is 0. The second-order valence-electron chi connectivity index (χ2n) is 5.54. The highest BCUT2D eigenvalue weighted by Gasteiger charge is 2.19. The third-order valence-corrected chi connectivity index (χ3v) is 3.63. The average Bonchev–Trinajstić information content (AvgIpc) is 3.09. The number of anilines is 1. The van der Waals surface area contributed by atoms with E-state index in [2.05, 4.69) is 15.6 Å². The molecule has 0 atom stereocenters. The molecule has 0 fully saturated rings. The lowest BCUT2D eigenvalue weighted by atomic mass is 10.2. The van der Waals surface area contributed by atoms with Crippen LogP contribution in [0.1, 0.15) is 11.1 Å². The van der Waals surface area contributed by atoms with Crippen LogP contribution in [0.2, 0.25) is 0 Å². The number of nitro benzene ring substituents is 2. The van der Waals surface area contributed by atoms with E-state index in [9.17, 15) is 20.2 Å². The molecule has 0 aliphatic heterocycles. The summed E-state index contributed by atoms with van der Waals surface area (Å²) in [6.45, 7) is 0.607. The number of non-ortho nitro benzene ring substituents is 1. The molecule has 3 aromatic rings. The molecule has 0 aliphatic rings. The smallest absolute Gasteiger partial charge is 0.272 e. The summed E-state index contributed by atoms with van der Waals surface area (Å²) in [6.07, 6.45) is 4.85. The zero-order chi connectivity index (χ0) is 19.2. The highest BCUT2D eigenvalue weighted by atomic mass is 16.6. The van der Waals surface area contributed by atoms with Gasteiger partial charge in [-0.25, -0.2) is 0 Å². The number of hydrogen-bond donors (Lipinski definition) is 1. The molecule has 0 saturated carbocycles. The number of nitrogens with zero attached hydrogens (tertiary/aromatic N) is 5. The number of rotatable bonds is 7. The van der Waals surface area contributed by atoms with Crippen LogP contribution in [0.3, 0.4) is 0 Å². The van der Waals surface area contributed by atoms with E-state index in [4.69, 9.17) is 0 Å². The highest BCUT2D eigenvalue weighted by Crippen LogP contribution is 2.28. The summed E-state index contributed by atoms with van der Waals surface area (Å²) < 4.78 is 1.74. The van der Waals surface area contributed by atoms with Crippen LogP contribution in [0.15, 0.2) is 66.0 Å². The van der Waals surface area contributed by atoms with Crippen molar-refractivity contribution in [2.24, 2.45) is 5.10 Å². The summed E-state index contributed by atoms with van der Waals surface area (Å²) in [7, 11) is 0. The SMILES string of the molecule is O=[N+]([O-])c1ccc(N/N=C\c2cnn(Cc3ccccc3)c2)c([N+](=O)[O-])c1. The number of hydrazone groups is 1. The van der Waals surface area contributed by atoms with Crippen molar-refractivity contribution in [2.75, 3.05) is 5.43 Å². The predicted molar refractivity (Wildman–Crippen MR) is 98.7 cm³/mol. The van der Waals surface area contributed by atoms with Gasteiger partial charge in [-0.2, -0.15) is 10.2 Å². The molecule has 1 N–H and O–H groups in total. The van der Waals surface area contributed by atoms with E-state index in [0.717, 1.165) is 11.6 Å². The third-order valence-electron chi connectivity index (χ3n) is 3.63. The van der Waals surface area contributed by atoms with Gasteiger partial charge in [-0.05, 0) is 11.6 Å². The fourth-order valence-electron chi connectivity index (χ4n) is 2.36. The Labute approximate surface area is 153 Å². The van der Waals surface area contributed by atoms with Crippen molar-refractivity contribution in [1.82, 2.24) is 9.78 Å². The van der Waals surface area contributed by atoms with E-state index < -0.39 is 15.5 Å². The Morgan fingerprint density at radius 3 is 2.59 bits per heavy atom. The molecule has 0 aliphatic carbocycles. The molecule has 0 bridgehead atoms. The molecular formula is C17H14N6O4. The summed E-state index contributed by atoms with van der Waals surface area (Å²) in [4.78, 5) is 20.4. The largest absolute Gasteiger partial charge is 0.301 e. The van der Waals surface area contributed by atoms with Crippen molar-refractivity contribution in [3.63, 3.8) is 0 Å². The number of nitrogens with one attached hydrogen (secondary N) is 1. The number of hydrogen-bond acceptors (Lipinski definition) is 7.